The molecular formula is C12H17N3O2S. The Kier molecular flexibility index (Phi) is 4.30. The first kappa shape index (κ1) is 13.0. The monoisotopic (exact) mass is 267 g/mol. The maximum atomic E-state index is 11.7. The number of rotatable bonds is 4. The Balaban J connectivity index is 1.71. The van der Waals surface area contributed by atoms with Crippen LogP contribution >= 0.6 is 11.3 Å². The molecule has 6 heteroatoms. The van der Waals surface area contributed by atoms with Crippen LogP contribution in [-0.2, 0) is 4.79 Å². The lowest BCUT2D eigenvalue weighted by Crippen LogP contribution is -2.32. The van der Waals surface area contributed by atoms with Crippen LogP contribution in [0.25, 0.3) is 0 Å². The summed E-state index contributed by atoms with van der Waals surface area (Å²) in [7, 11) is 0. The molecule has 1 aromatic rings. The minimum Gasteiger partial charge on any atom is -0.349 e. The van der Waals surface area contributed by atoms with Gasteiger partial charge in [-0.1, -0.05) is 0 Å². The summed E-state index contributed by atoms with van der Waals surface area (Å²) in [5, 5.41) is 3.19. The van der Waals surface area contributed by atoms with Crippen LogP contribution in [0.3, 0.4) is 0 Å². The van der Waals surface area contributed by atoms with Crippen LogP contribution < -0.4 is 5.32 Å². The molecule has 1 aliphatic rings. The maximum absolute atomic E-state index is 11.7. The lowest BCUT2D eigenvalue weighted by Gasteiger charge is -2.14. The molecule has 0 spiro atoms. The highest BCUT2D eigenvalue weighted by Gasteiger charge is 2.17. The standard InChI is InChI=1S/C12H17N3O2S/c1-9-8-14-12(18-9)11(17)13-5-4-10(16)15-6-2-3-7-15/h8H,2-7H2,1H3,(H,13,17). The number of aryl methyl sites for hydroxylation is 1. The number of amides is 2. The van der Waals surface area contributed by atoms with Gasteiger partial charge in [-0.2, -0.15) is 0 Å². The Morgan fingerprint density at radius 1 is 1.44 bits per heavy atom. The zero-order valence-corrected chi connectivity index (χ0v) is 11.3. The van der Waals surface area contributed by atoms with Crippen molar-refractivity contribution in [3.8, 4) is 0 Å². The van der Waals surface area contributed by atoms with Gasteiger partial charge in [0.1, 0.15) is 0 Å². The van der Waals surface area contributed by atoms with Crippen molar-refractivity contribution >= 4 is 23.2 Å². The number of likely N-dealkylation sites (tertiary alicyclic amines) is 1. The molecule has 98 valence electrons. The average Bonchev–Trinajstić information content (AvgIpc) is 2.99. The fraction of sp³-hybridized carbons (Fsp3) is 0.583. The van der Waals surface area contributed by atoms with E-state index in [-0.39, 0.29) is 11.8 Å². The second-order valence-corrected chi connectivity index (χ2v) is 5.60. The van der Waals surface area contributed by atoms with Crippen molar-refractivity contribution in [2.24, 2.45) is 0 Å². The van der Waals surface area contributed by atoms with Gasteiger partial charge in [-0.05, 0) is 19.8 Å². The lowest BCUT2D eigenvalue weighted by molar-refractivity contribution is -0.129. The minimum atomic E-state index is -0.192. The molecule has 0 bridgehead atoms. The fourth-order valence-corrected chi connectivity index (χ4v) is 2.62. The molecule has 2 rings (SSSR count). The average molecular weight is 267 g/mol. The summed E-state index contributed by atoms with van der Waals surface area (Å²) in [6, 6.07) is 0. The molecular weight excluding hydrogens is 250 g/mol. The van der Waals surface area contributed by atoms with Crippen LogP contribution in [0, 0.1) is 6.92 Å². The first-order chi connectivity index (χ1) is 8.66. The van der Waals surface area contributed by atoms with Gasteiger partial charge in [0, 0.05) is 37.1 Å². The van der Waals surface area contributed by atoms with Crippen LogP contribution in [0.1, 0.15) is 33.9 Å². The molecule has 2 amide bonds. The summed E-state index contributed by atoms with van der Waals surface area (Å²) >= 11 is 1.36. The lowest BCUT2D eigenvalue weighted by atomic mass is 10.3. The van der Waals surface area contributed by atoms with Gasteiger partial charge in [0.05, 0.1) is 0 Å². The molecule has 0 aromatic carbocycles. The highest BCUT2D eigenvalue weighted by molar-refractivity contribution is 7.13. The van der Waals surface area contributed by atoms with Crippen LogP contribution in [0.5, 0.6) is 0 Å². The zero-order chi connectivity index (χ0) is 13.0. The molecule has 0 atom stereocenters. The van der Waals surface area contributed by atoms with Crippen LogP contribution in [0.15, 0.2) is 6.20 Å². The molecule has 1 N–H and O–H groups in total. The van der Waals surface area contributed by atoms with Gasteiger partial charge in [-0.25, -0.2) is 4.98 Å². The minimum absolute atomic E-state index is 0.128. The molecule has 1 aromatic heterocycles. The normalized spacial score (nSPS) is 14.8. The van der Waals surface area contributed by atoms with Gasteiger partial charge >= 0.3 is 0 Å². The van der Waals surface area contributed by atoms with E-state index >= 15 is 0 Å². The van der Waals surface area contributed by atoms with Gasteiger partial charge in [0.15, 0.2) is 5.01 Å². The van der Waals surface area contributed by atoms with E-state index in [1.807, 2.05) is 11.8 Å². The van der Waals surface area contributed by atoms with Crippen molar-refractivity contribution in [3.63, 3.8) is 0 Å². The number of hydrogen-bond acceptors (Lipinski definition) is 4. The van der Waals surface area contributed by atoms with Crippen LogP contribution in [0.4, 0.5) is 0 Å². The number of hydrogen-bond donors (Lipinski definition) is 1. The Morgan fingerprint density at radius 3 is 2.78 bits per heavy atom. The number of aromatic nitrogens is 1. The number of carbonyl (C=O) groups excluding carboxylic acids is 2. The van der Waals surface area contributed by atoms with E-state index in [0.29, 0.717) is 18.0 Å². The molecule has 0 aliphatic carbocycles. The second kappa shape index (κ2) is 5.95. The Labute approximate surface area is 110 Å². The van der Waals surface area contributed by atoms with Gasteiger partial charge in [-0.15, -0.1) is 11.3 Å². The van der Waals surface area contributed by atoms with E-state index < -0.39 is 0 Å². The Hall–Kier alpha value is -1.43. The van der Waals surface area contributed by atoms with E-state index in [4.69, 9.17) is 0 Å². The molecule has 5 nitrogen and oxygen atoms in total. The van der Waals surface area contributed by atoms with E-state index in [1.165, 1.54) is 11.3 Å². The molecule has 0 saturated carbocycles. The highest BCUT2D eigenvalue weighted by Crippen LogP contribution is 2.11. The third kappa shape index (κ3) is 3.29. The predicted octanol–water partition coefficient (Wildman–Crippen LogP) is 1.19. The Bertz CT molecular complexity index is 438. The molecule has 1 fully saturated rings. The zero-order valence-electron chi connectivity index (χ0n) is 10.4. The van der Waals surface area contributed by atoms with Crippen molar-refractivity contribution < 1.29 is 9.59 Å². The largest absolute Gasteiger partial charge is 0.349 e. The summed E-state index contributed by atoms with van der Waals surface area (Å²) in [5.74, 6) is -0.0644. The van der Waals surface area contributed by atoms with Crippen LogP contribution in [-0.4, -0.2) is 41.3 Å². The van der Waals surface area contributed by atoms with E-state index in [0.717, 1.165) is 30.8 Å². The number of nitrogens with zero attached hydrogens (tertiary/aromatic N) is 2. The number of carbonyl (C=O) groups is 2. The molecule has 1 saturated heterocycles. The molecule has 18 heavy (non-hydrogen) atoms. The van der Waals surface area contributed by atoms with Gasteiger partial charge in [-0.3, -0.25) is 9.59 Å². The first-order valence-corrected chi connectivity index (χ1v) is 6.97. The SMILES string of the molecule is Cc1cnc(C(=O)NCCC(=O)N2CCCC2)s1. The van der Waals surface area contributed by atoms with E-state index in [1.54, 1.807) is 6.20 Å². The molecule has 2 heterocycles. The van der Waals surface area contributed by atoms with E-state index in [9.17, 15) is 9.59 Å². The molecule has 0 radical (unpaired) electrons. The summed E-state index contributed by atoms with van der Waals surface area (Å²) < 4.78 is 0. The third-order valence-corrected chi connectivity index (χ3v) is 3.81. The Morgan fingerprint density at radius 2 is 2.17 bits per heavy atom. The topological polar surface area (TPSA) is 62.3 Å². The smallest absolute Gasteiger partial charge is 0.280 e. The quantitative estimate of drug-likeness (QED) is 0.891. The summed E-state index contributed by atoms with van der Waals surface area (Å²) in [6.07, 6.45) is 4.23. The second-order valence-electron chi connectivity index (χ2n) is 4.37. The molecule has 1 aliphatic heterocycles. The van der Waals surface area contributed by atoms with Crippen molar-refractivity contribution in [1.82, 2.24) is 15.2 Å². The van der Waals surface area contributed by atoms with Crippen molar-refractivity contribution in [1.29, 1.82) is 0 Å². The summed E-state index contributed by atoms with van der Waals surface area (Å²) in [6.45, 7) is 4.01. The summed E-state index contributed by atoms with van der Waals surface area (Å²) in [5.41, 5.74) is 0. The van der Waals surface area contributed by atoms with Crippen molar-refractivity contribution in [3.05, 3.63) is 16.1 Å². The maximum Gasteiger partial charge on any atom is 0.280 e. The van der Waals surface area contributed by atoms with Crippen LogP contribution in [0.2, 0.25) is 0 Å². The number of nitrogens with one attached hydrogen (secondary N) is 1. The third-order valence-electron chi connectivity index (χ3n) is 2.90. The molecule has 0 unspecified atom stereocenters. The van der Waals surface area contributed by atoms with Crippen molar-refractivity contribution in [2.45, 2.75) is 26.2 Å². The predicted molar refractivity (Wildman–Crippen MR) is 69.6 cm³/mol. The van der Waals surface area contributed by atoms with Gasteiger partial charge in [0.2, 0.25) is 5.91 Å². The van der Waals surface area contributed by atoms with Gasteiger partial charge in [0.25, 0.3) is 5.91 Å². The summed E-state index contributed by atoms with van der Waals surface area (Å²) in [4.78, 5) is 30.3. The van der Waals surface area contributed by atoms with E-state index in [2.05, 4.69) is 10.3 Å². The van der Waals surface area contributed by atoms with Crippen molar-refractivity contribution in [2.75, 3.05) is 19.6 Å². The van der Waals surface area contributed by atoms with Gasteiger partial charge < -0.3 is 10.2 Å². The number of thiazole rings is 1. The fourth-order valence-electron chi connectivity index (χ4n) is 1.94. The highest BCUT2D eigenvalue weighted by atomic mass is 32.1. The first-order valence-electron chi connectivity index (χ1n) is 6.15.